The molecule has 2 N–H and O–H groups in total. The third kappa shape index (κ3) is 5.02. The average molecular weight is 426 g/mol. The SMILES string of the molecule is O=C(Nc1ccc(F)c(Cl)c1)c1ccc(F)c(SC2CCCC(C(=O)O)C2)c1. The Morgan fingerprint density at radius 3 is 2.57 bits per heavy atom. The van der Waals surface area contributed by atoms with Crippen LogP contribution in [0.15, 0.2) is 41.3 Å². The van der Waals surface area contributed by atoms with Crippen LogP contribution in [0.5, 0.6) is 0 Å². The fourth-order valence-electron chi connectivity index (χ4n) is 3.17. The molecule has 0 aliphatic heterocycles. The molecule has 0 saturated heterocycles. The number of rotatable bonds is 5. The van der Waals surface area contributed by atoms with Crippen molar-refractivity contribution in [2.75, 3.05) is 5.32 Å². The molecule has 8 heteroatoms. The van der Waals surface area contributed by atoms with Gasteiger partial charge in [0, 0.05) is 21.4 Å². The van der Waals surface area contributed by atoms with Crippen molar-refractivity contribution in [1.29, 1.82) is 0 Å². The van der Waals surface area contributed by atoms with Crippen molar-refractivity contribution in [3.63, 3.8) is 0 Å². The van der Waals surface area contributed by atoms with Gasteiger partial charge in [0.2, 0.25) is 0 Å². The minimum Gasteiger partial charge on any atom is -0.481 e. The molecule has 148 valence electrons. The Morgan fingerprint density at radius 1 is 1.11 bits per heavy atom. The lowest BCUT2D eigenvalue weighted by Gasteiger charge is -2.26. The third-order valence-corrected chi connectivity index (χ3v) is 6.26. The lowest BCUT2D eigenvalue weighted by Crippen LogP contribution is -2.24. The van der Waals surface area contributed by atoms with Crippen LogP contribution in [0.1, 0.15) is 36.0 Å². The van der Waals surface area contributed by atoms with Crippen LogP contribution in [0.25, 0.3) is 0 Å². The molecular formula is C20H18ClF2NO3S. The zero-order chi connectivity index (χ0) is 20.3. The van der Waals surface area contributed by atoms with Gasteiger partial charge in [-0.3, -0.25) is 9.59 Å². The van der Waals surface area contributed by atoms with Crippen molar-refractivity contribution in [2.45, 2.75) is 35.8 Å². The monoisotopic (exact) mass is 425 g/mol. The van der Waals surface area contributed by atoms with Crippen molar-refractivity contribution >= 4 is 40.9 Å². The van der Waals surface area contributed by atoms with Crippen LogP contribution in [0.2, 0.25) is 5.02 Å². The van der Waals surface area contributed by atoms with Gasteiger partial charge in [-0.15, -0.1) is 11.8 Å². The first-order chi connectivity index (χ1) is 13.3. The first kappa shape index (κ1) is 20.6. The van der Waals surface area contributed by atoms with E-state index in [1.807, 2.05) is 0 Å². The van der Waals surface area contributed by atoms with Crippen LogP contribution < -0.4 is 5.32 Å². The normalized spacial score (nSPS) is 19.2. The Labute approximate surface area is 170 Å². The number of carbonyl (C=O) groups excluding carboxylic acids is 1. The van der Waals surface area contributed by atoms with E-state index in [1.54, 1.807) is 0 Å². The summed E-state index contributed by atoms with van der Waals surface area (Å²) in [6.45, 7) is 0. The van der Waals surface area contributed by atoms with Crippen molar-refractivity contribution in [1.82, 2.24) is 0 Å². The topological polar surface area (TPSA) is 66.4 Å². The Bertz CT molecular complexity index is 909. The van der Waals surface area contributed by atoms with Gasteiger partial charge in [0.15, 0.2) is 0 Å². The number of amides is 1. The zero-order valence-electron chi connectivity index (χ0n) is 14.8. The predicted molar refractivity (Wildman–Crippen MR) is 105 cm³/mol. The lowest BCUT2D eigenvalue weighted by molar-refractivity contribution is -0.142. The fraction of sp³-hybridized carbons (Fsp3) is 0.300. The smallest absolute Gasteiger partial charge is 0.306 e. The van der Waals surface area contributed by atoms with E-state index in [0.29, 0.717) is 23.4 Å². The van der Waals surface area contributed by atoms with Gasteiger partial charge < -0.3 is 10.4 Å². The number of carbonyl (C=O) groups is 2. The molecule has 2 unspecified atom stereocenters. The van der Waals surface area contributed by atoms with E-state index in [2.05, 4.69) is 5.32 Å². The molecule has 0 bridgehead atoms. The highest BCUT2D eigenvalue weighted by atomic mass is 35.5. The summed E-state index contributed by atoms with van der Waals surface area (Å²) in [6, 6.07) is 7.85. The molecule has 28 heavy (non-hydrogen) atoms. The Hall–Kier alpha value is -2.12. The summed E-state index contributed by atoms with van der Waals surface area (Å²) in [7, 11) is 0. The molecule has 2 atom stereocenters. The van der Waals surface area contributed by atoms with Crippen molar-refractivity contribution in [3.8, 4) is 0 Å². The van der Waals surface area contributed by atoms with Crippen LogP contribution in [0.3, 0.4) is 0 Å². The van der Waals surface area contributed by atoms with Gasteiger partial charge in [0.1, 0.15) is 11.6 Å². The number of halogens is 3. The first-order valence-corrected chi connectivity index (χ1v) is 10.0. The summed E-state index contributed by atoms with van der Waals surface area (Å²) < 4.78 is 27.5. The molecule has 0 radical (unpaired) electrons. The maximum absolute atomic E-state index is 14.2. The number of hydrogen-bond donors (Lipinski definition) is 2. The van der Waals surface area contributed by atoms with Gasteiger partial charge in [-0.05, 0) is 55.7 Å². The second-order valence-corrected chi connectivity index (χ2v) is 8.42. The zero-order valence-corrected chi connectivity index (χ0v) is 16.3. The number of carboxylic acid groups (broad SMARTS) is 1. The van der Waals surface area contributed by atoms with Gasteiger partial charge >= 0.3 is 5.97 Å². The molecule has 0 spiro atoms. The maximum Gasteiger partial charge on any atom is 0.306 e. The molecule has 0 aromatic heterocycles. The van der Waals surface area contributed by atoms with Gasteiger partial charge in [-0.25, -0.2) is 8.78 Å². The number of carboxylic acids is 1. The van der Waals surface area contributed by atoms with Crippen molar-refractivity contribution < 1.29 is 23.5 Å². The Kier molecular flexibility index (Phi) is 6.57. The van der Waals surface area contributed by atoms with E-state index in [-0.39, 0.29) is 15.8 Å². The molecule has 1 amide bonds. The highest BCUT2D eigenvalue weighted by molar-refractivity contribution is 8.00. The average Bonchev–Trinajstić information content (AvgIpc) is 2.66. The minimum atomic E-state index is -0.822. The molecule has 4 nitrogen and oxygen atoms in total. The molecule has 1 fully saturated rings. The number of thioether (sulfide) groups is 1. The van der Waals surface area contributed by atoms with Crippen molar-refractivity contribution in [2.24, 2.45) is 5.92 Å². The van der Waals surface area contributed by atoms with Gasteiger partial charge in [0.05, 0.1) is 10.9 Å². The largest absolute Gasteiger partial charge is 0.481 e. The quantitative estimate of drug-likeness (QED) is 0.653. The molecule has 1 aliphatic carbocycles. The summed E-state index contributed by atoms with van der Waals surface area (Å²) in [5, 5.41) is 11.7. The van der Waals surface area contributed by atoms with Crippen LogP contribution in [-0.2, 0) is 4.79 Å². The summed E-state index contributed by atoms with van der Waals surface area (Å²) >= 11 is 6.98. The van der Waals surface area contributed by atoms with Gasteiger partial charge in [-0.1, -0.05) is 18.0 Å². The number of aliphatic carboxylic acids is 1. The van der Waals surface area contributed by atoms with Crippen molar-refractivity contribution in [3.05, 3.63) is 58.6 Å². The Balaban J connectivity index is 1.72. The third-order valence-electron chi connectivity index (χ3n) is 4.64. The molecule has 1 saturated carbocycles. The van der Waals surface area contributed by atoms with Gasteiger partial charge in [0.25, 0.3) is 5.91 Å². The highest BCUT2D eigenvalue weighted by Crippen LogP contribution is 2.37. The fourth-order valence-corrected chi connectivity index (χ4v) is 4.70. The molecular weight excluding hydrogens is 408 g/mol. The van der Waals surface area contributed by atoms with Crippen LogP contribution in [-0.4, -0.2) is 22.2 Å². The second kappa shape index (κ2) is 8.92. The van der Waals surface area contributed by atoms with E-state index >= 15 is 0 Å². The minimum absolute atomic E-state index is 0.0152. The summed E-state index contributed by atoms with van der Waals surface area (Å²) in [5.74, 6) is -2.76. The highest BCUT2D eigenvalue weighted by Gasteiger charge is 2.28. The van der Waals surface area contributed by atoms with Crippen LogP contribution in [0.4, 0.5) is 14.5 Å². The number of hydrogen-bond acceptors (Lipinski definition) is 3. The van der Waals surface area contributed by atoms with E-state index in [1.165, 1.54) is 42.1 Å². The molecule has 2 aromatic rings. The van der Waals surface area contributed by atoms with Crippen LogP contribution in [0, 0.1) is 17.6 Å². The van der Waals surface area contributed by atoms with E-state index in [4.69, 9.17) is 11.6 Å². The van der Waals surface area contributed by atoms with E-state index < -0.39 is 29.4 Å². The Morgan fingerprint density at radius 2 is 1.86 bits per heavy atom. The summed E-state index contributed by atoms with van der Waals surface area (Å²) in [6.07, 6.45) is 2.70. The number of nitrogens with one attached hydrogen (secondary N) is 1. The van der Waals surface area contributed by atoms with Crippen LogP contribution >= 0.6 is 23.4 Å². The predicted octanol–water partition coefficient (Wildman–Crippen LogP) is 5.61. The molecule has 1 aliphatic rings. The maximum atomic E-state index is 14.2. The van der Waals surface area contributed by atoms with E-state index in [9.17, 15) is 23.5 Å². The standard InChI is InChI=1S/C20H18ClF2NO3S/c21-15-10-13(5-7-16(15)22)24-19(25)11-4-6-17(23)18(9-11)28-14-3-1-2-12(8-14)20(26)27/h4-7,9-10,12,14H,1-3,8H2,(H,24,25)(H,26,27). The molecule has 2 aromatic carbocycles. The van der Waals surface area contributed by atoms with E-state index in [0.717, 1.165) is 18.9 Å². The molecule has 0 heterocycles. The summed E-state index contributed by atoms with van der Waals surface area (Å²) in [4.78, 5) is 24.0. The van der Waals surface area contributed by atoms with Gasteiger partial charge in [-0.2, -0.15) is 0 Å². The summed E-state index contributed by atoms with van der Waals surface area (Å²) in [5.41, 5.74) is 0.571. The second-order valence-electron chi connectivity index (χ2n) is 6.67. The lowest BCUT2D eigenvalue weighted by atomic mass is 9.89. The molecule has 3 rings (SSSR count). The first-order valence-electron chi connectivity index (χ1n) is 8.79. The number of anilines is 1. The number of benzene rings is 2.